The molecular weight excluding hydrogens is 328 g/mol. The number of likely N-dealkylation sites (tertiary alicyclic amines) is 1. The van der Waals surface area contributed by atoms with Crippen LogP contribution in [0, 0.1) is 0 Å². The van der Waals surface area contributed by atoms with Gasteiger partial charge in [-0.1, -0.05) is 12.1 Å². The SMILES string of the molecule is CC(=O)NCc1cnc([C@@H]2CCN(Cc3nc4ccccc4n3C)C2)[nH]1. The summed E-state index contributed by atoms with van der Waals surface area (Å²) < 4.78 is 2.18. The molecule has 0 spiro atoms. The number of nitrogens with one attached hydrogen (secondary N) is 2. The summed E-state index contributed by atoms with van der Waals surface area (Å²) in [5.41, 5.74) is 3.17. The van der Waals surface area contributed by atoms with Crippen LogP contribution in [-0.2, 0) is 24.9 Å². The fourth-order valence-corrected chi connectivity index (χ4v) is 3.63. The number of fused-ring (bicyclic) bond motifs is 1. The topological polar surface area (TPSA) is 78.8 Å². The summed E-state index contributed by atoms with van der Waals surface area (Å²) in [6, 6.07) is 8.25. The van der Waals surface area contributed by atoms with Gasteiger partial charge in [0, 0.05) is 26.4 Å². The Labute approximate surface area is 152 Å². The van der Waals surface area contributed by atoms with Gasteiger partial charge >= 0.3 is 0 Å². The van der Waals surface area contributed by atoms with Gasteiger partial charge in [-0.3, -0.25) is 9.69 Å². The van der Waals surface area contributed by atoms with E-state index in [1.54, 1.807) is 0 Å². The van der Waals surface area contributed by atoms with Crippen molar-refractivity contribution in [2.45, 2.75) is 32.4 Å². The quantitative estimate of drug-likeness (QED) is 0.735. The van der Waals surface area contributed by atoms with E-state index < -0.39 is 0 Å². The number of aryl methyl sites for hydroxylation is 1. The van der Waals surface area contributed by atoms with Gasteiger partial charge in [-0.2, -0.15) is 0 Å². The van der Waals surface area contributed by atoms with E-state index >= 15 is 0 Å². The van der Waals surface area contributed by atoms with E-state index in [9.17, 15) is 4.79 Å². The van der Waals surface area contributed by atoms with Crippen LogP contribution in [0.5, 0.6) is 0 Å². The molecule has 1 atom stereocenters. The molecule has 1 saturated heterocycles. The molecule has 7 heteroatoms. The van der Waals surface area contributed by atoms with E-state index in [2.05, 4.69) is 50.0 Å². The number of benzene rings is 1. The molecule has 0 saturated carbocycles. The van der Waals surface area contributed by atoms with Crippen LogP contribution in [0.2, 0.25) is 0 Å². The predicted octanol–water partition coefficient (Wildman–Crippen LogP) is 1.92. The number of hydrogen-bond acceptors (Lipinski definition) is 4. The van der Waals surface area contributed by atoms with Gasteiger partial charge in [0.15, 0.2) is 0 Å². The van der Waals surface area contributed by atoms with Gasteiger partial charge in [0.2, 0.25) is 5.91 Å². The van der Waals surface area contributed by atoms with Gasteiger partial charge in [0.05, 0.1) is 36.0 Å². The Kier molecular flexibility index (Phi) is 4.46. The van der Waals surface area contributed by atoms with Crippen molar-refractivity contribution in [3.63, 3.8) is 0 Å². The molecule has 1 fully saturated rings. The van der Waals surface area contributed by atoms with Crippen molar-refractivity contribution in [1.29, 1.82) is 0 Å². The normalized spacial score (nSPS) is 17.8. The third-order valence-electron chi connectivity index (χ3n) is 5.08. The van der Waals surface area contributed by atoms with Crippen LogP contribution in [0.1, 0.15) is 36.6 Å². The summed E-state index contributed by atoms with van der Waals surface area (Å²) in [6.45, 7) is 4.87. The van der Waals surface area contributed by atoms with Crippen LogP contribution in [-0.4, -0.2) is 43.4 Å². The van der Waals surface area contributed by atoms with Crippen LogP contribution >= 0.6 is 0 Å². The van der Waals surface area contributed by atoms with Crippen molar-refractivity contribution in [2.24, 2.45) is 7.05 Å². The molecule has 3 aromatic rings. The highest BCUT2D eigenvalue weighted by atomic mass is 16.1. The Balaban J connectivity index is 1.40. The number of para-hydroxylation sites is 2. The number of aromatic nitrogens is 4. The average molecular weight is 352 g/mol. The second kappa shape index (κ2) is 6.92. The summed E-state index contributed by atoms with van der Waals surface area (Å²) in [4.78, 5) is 26.1. The zero-order chi connectivity index (χ0) is 18.1. The fourth-order valence-electron chi connectivity index (χ4n) is 3.63. The van der Waals surface area contributed by atoms with Gasteiger partial charge in [-0.25, -0.2) is 9.97 Å². The third kappa shape index (κ3) is 3.35. The molecule has 0 bridgehead atoms. The Morgan fingerprint density at radius 1 is 1.38 bits per heavy atom. The second-order valence-corrected chi connectivity index (χ2v) is 7.00. The number of amides is 1. The Morgan fingerprint density at radius 3 is 3.04 bits per heavy atom. The third-order valence-corrected chi connectivity index (χ3v) is 5.08. The molecule has 0 unspecified atom stereocenters. The molecule has 0 aliphatic carbocycles. The van der Waals surface area contributed by atoms with Gasteiger partial charge in [0.25, 0.3) is 0 Å². The number of hydrogen-bond donors (Lipinski definition) is 2. The molecule has 2 aromatic heterocycles. The van der Waals surface area contributed by atoms with Crippen molar-refractivity contribution < 1.29 is 4.79 Å². The van der Waals surface area contributed by atoms with Crippen LogP contribution < -0.4 is 5.32 Å². The first-order valence-electron chi connectivity index (χ1n) is 9.01. The molecule has 26 heavy (non-hydrogen) atoms. The minimum Gasteiger partial charge on any atom is -0.351 e. The standard InChI is InChI=1S/C19H24N6O/c1-13(26)20-9-15-10-21-19(22-15)14-7-8-25(11-14)12-18-23-16-5-3-4-6-17(16)24(18)2/h3-6,10,14H,7-9,11-12H2,1-2H3,(H,20,26)(H,21,22)/t14-/m1/s1. The molecule has 1 aliphatic heterocycles. The summed E-state index contributed by atoms with van der Waals surface area (Å²) in [6.07, 6.45) is 2.90. The lowest BCUT2D eigenvalue weighted by Gasteiger charge is -2.15. The zero-order valence-corrected chi connectivity index (χ0v) is 15.2. The smallest absolute Gasteiger partial charge is 0.217 e. The highest BCUT2D eigenvalue weighted by molar-refractivity contribution is 5.75. The Bertz CT molecular complexity index is 927. The molecule has 7 nitrogen and oxygen atoms in total. The lowest BCUT2D eigenvalue weighted by atomic mass is 10.1. The van der Waals surface area contributed by atoms with Gasteiger partial charge in [-0.05, 0) is 25.1 Å². The number of carbonyl (C=O) groups is 1. The highest BCUT2D eigenvalue weighted by Crippen LogP contribution is 2.26. The summed E-state index contributed by atoms with van der Waals surface area (Å²) in [7, 11) is 2.08. The molecule has 136 valence electrons. The van der Waals surface area contributed by atoms with Crippen molar-refractivity contribution in [3.8, 4) is 0 Å². The maximum absolute atomic E-state index is 11.0. The van der Waals surface area contributed by atoms with Crippen LogP contribution in [0.15, 0.2) is 30.5 Å². The first-order valence-corrected chi connectivity index (χ1v) is 9.01. The van der Waals surface area contributed by atoms with Crippen molar-refractivity contribution in [3.05, 3.63) is 47.8 Å². The van der Waals surface area contributed by atoms with Crippen LogP contribution in [0.3, 0.4) is 0 Å². The minimum absolute atomic E-state index is 0.0318. The summed E-state index contributed by atoms with van der Waals surface area (Å²) in [5.74, 6) is 2.47. The van der Waals surface area contributed by atoms with Crippen molar-refractivity contribution in [2.75, 3.05) is 13.1 Å². The minimum atomic E-state index is -0.0318. The number of rotatable bonds is 5. The number of nitrogens with zero attached hydrogens (tertiary/aromatic N) is 4. The molecule has 2 N–H and O–H groups in total. The maximum Gasteiger partial charge on any atom is 0.217 e. The largest absolute Gasteiger partial charge is 0.351 e. The zero-order valence-electron chi connectivity index (χ0n) is 15.2. The van der Waals surface area contributed by atoms with Crippen molar-refractivity contribution in [1.82, 2.24) is 29.7 Å². The van der Waals surface area contributed by atoms with Gasteiger partial charge in [-0.15, -0.1) is 0 Å². The number of H-pyrrole nitrogens is 1. The van der Waals surface area contributed by atoms with Crippen LogP contribution in [0.4, 0.5) is 0 Å². The number of imidazole rings is 2. The molecule has 4 rings (SSSR count). The first kappa shape index (κ1) is 16.8. The number of carbonyl (C=O) groups excluding carboxylic acids is 1. The second-order valence-electron chi connectivity index (χ2n) is 7.00. The van der Waals surface area contributed by atoms with Crippen LogP contribution in [0.25, 0.3) is 11.0 Å². The highest BCUT2D eigenvalue weighted by Gasteiger charge is 2.27. The molecular formula is C19H24N6O. The first-order chi connectivity index (χ1) is 12.6. The lowest BCUT2D eigenvalue weighted by molar-refractivity contribution is -0.119. The molecule has 3 heterocycles. The summed E-state index contributed by atoms with van der Waals surface area (Å²) >= 11 is 0. The average Bonchev–Trinajstić information content (AvgIpc) is 3.34. The molecule has 1 aromatic carbocycles. The Hall–Kier alpha value is -2.67. The van der Waals surface area contributed by atoms with Crippen molar-refractivity contribution >= 4 is 16.9 Å². The maximum atomic E-state index is 11.0. The molecule has 1 amide bonds. The van der Waals surface area contributed by atoms with E-state index in [1.165, 1.54) is 12.4 Å². The fraction of sp³-hybridized carbons (Fsp3) is 0.421. The molecule has 0 radical (unpaired) electrons. The Morgan fingerprint density at radius 2 is 2.23 bits per heavy atom. The van der Waals surface area contributed by atoms with E-state index in [0.29, 0.717) is 12.5 Å². The summed E-state index contributed by atoms with van der Waals surface area (Å²) in [5, 5.41) is 2.79. The van der Waals surface area contributed by atoms with Gasteiger partial charge in [0.1, 0.15) is 11.6 Å². The van der Waals surface area contributed by atoms with E-state index in [1.807, 2.05) is 12.3 Å². The van der Waals surface area contributed by atoms with E-state index in [-0.39, 0.29) is 5.91 Å². The van der Waals surface area contributed by atoms with E-state index in [4.69, 9.17) is 4.98 Å². The lowest BCUT2D eigenvalue weighted by Crippen LogP contribution is -2.22. The van der Waals surface area contributed by atoms with Gasteiger partial charge < -0.3 is 14.9 Å². The monoisotopic (exact) mass is 352 g/mol. The molecule has 1 aliphatic rings. The van der Waals surface area contributed by atoms with E-state index in [0.717, 1.165) is 48.9 Å². The predicted molar refractivity (Wildman–Crippen MR) is 99.5 cm³/mol. The number of aromatic amines is 1.